The Morgan fingerprint density at radius 2 is 2.09 bits per heavy atom. The largest absolute Gasteiger partial charge is 0.489 e. The molecule has 0 unspecified atom stereocenters. The third-order valence-corrected chi connectivity index (χ3v) is 3.47. The Kier molecular flexibility index (Phi) is 5.99. The van der Waals surface area contributed by atoms with Gasteiger partial charge in [0.05, 0.1) is 5.60 Å². The van der Waals surface area contributed by atoms with E-state index < -0.39 is 5.60 Å². The molecule has 1 heterocycles. The second kappa shape index (κ2) is 7.77. The van der Waals surface area contributed by atoms with E-state index in [1.165, 1.54) is 0 Å². The quantitative estimate of drug-likeness (QED) is 0.841. The van der Waals surface area contributed by atoms with Crippen LogP contribution in [0.25, 0.3) is 0 Å². The Balaban J connectivity index is 2.07. The van der Waals surface area contributed by atoms with Crippen LogP contribution in [0.5, 0.6) is 5.75 Å². The van der Waals surface area contributed by atoms with E-state index in [2.05, 4.69) is 4.98 Å². The van der Waals surface area contributed by atoms with Gasteiger partial charge in [0.1, 0.15) is 12.4 Å². The van der Waals surface area contributed by atoms with Gasteiger partial charge in [0.2, 0.25) is 0 Å². The highest BCUT2D eigenvalue weighted by molar-refractivity contribution is 6.30. The minimum atomic E-state index is -0.746. The molecule has 1 aromatic carbocycles. The molecular formula is C18H23ClN2O2. The lowest BCUT2D eigenvalue weighted by molar-refractivity contribution is 0.0422. The standard InChI is InChI=1S/C18H23ClN2O2/c1-18(2,22)13-21(3)11-15-9-16(19)6-7-17(15)23-12-14-5-4-8-20-10-14/h4-10,22H,11-13H2,1-3H3. The van der Waals surface area contributed by atoms with Gasteiger partial charge in [-0.3, -0.25) is 9.88 Å². The van der Waals surface area contributed by atoms with Gasteiger partial charge in [0, 0.05) is 41.6 Å². The summed E-state index contributed by atoms with van der Waals surface area (Å²) in [6.45, 7) is 5.24. The number of likely N-dealkylation sites (N-methyl/N-ethyl adjacent to an activating group) is 1. The number of nitrogens with zero attached hydrogens (tertiary/aromatic N) is 2. The van der Waals surface area contributed by atoms with Crippen molar-refractivity contribution in [1.82, 2.24) is 9.88 Å². The molecule has 0 amide bonds. The lowest BCUT2D eigenvalue weighted by atomic mass is 10.1. The van der Waals surface area contributed by atoms with Gasteiger partial charge >= 0.3 is 0 Å². The Bertz CT molecular complexity index is 627. The normalized spacial score (nSPS) is 11.7. The highest BCUT2D eigenvalue weighted by atomic mass is 35.5. The van der Waals surface area contributed by atoms with Gasteiger partial charge in [-0.15, -0.1) is 0 Å². The Morgan fingerprint density at radius 1 is 1.30 bits per heavy atom. The van der Waals surface area contributed by atoms with Gasteiger partial charge in [-0.1, -0.05) is 17.7 Å². The number of ether oxygens (including phenoxy) is 1. The number of hydrogen-bond acceptors (Lipinski definition) is 4. The Labute approximate surface area is 142 Å². The number of aromatic nitrogens is 1. The molecule has 0 aliphatic heterocycles. The maximum Gasteiger partial charge on any atom is 0.124 e. The average molecular weight is 335 g/mol. The van der Waals surface area contributed by atoms with Crippen molar-refractivity contribution in [3.8, 4) is 5.75 Å². The summed E-state index contributed by atoms with van der Waals surface area (Å²) in [4.78, 5) is 6.13. The number of rotatable bonds is 7. The first-order valence-electron chi connectivity index (χ1n) is 7.54. The summed E-state index contributed by atoms with van der Waals surface area (Å²) in [7, 11) is 1.96. The van der Waals surface area contributed by atoms with Crippen molar-refractivity contribution in [3.63, 3.8) is 0 Å². The summed E-state index contributed by atoms with van der Waals surface area (Å²) in [5.74, 6) is 0.792. The predicted molar refractivity (Wildman–Crippen MR) is 92.7 cm³/mol. The molecule has 0 atom stereocenters. The fourth-order valence-corrected chi connectivity index (χ4v) is 2.66. The SMILES string of the molecule is CN(Cc1cc(Cl)ccc1OCc1cccnc1)CC(C)(C)O. The third-order valence-electron chi connectivity index (χ3n) is 3.24. The van der Waals surface area contributed by atoms with Crippen molar-refractivity contribution in [2.24, 2.45) is 0 Å². The monoisotopic (exact) mass is 334 g/mol. The minimum absolute atomic E-state index is 0.456. The van der Waals surface area contributed by atoms with Crippen LogP contribution in [-0.4, -0.2) is 34.2 Å². The van der Waals surface area contributed by atoms with Gasteiger partial charge in [0.25, 0.3) is 0 Å². The van der Waals surface area contributed by atoms with Crippen LogP contribution >= 0.6 is 11.6 Å². The second-order valence-electron chi connectivity index (χ2n) is 6.39. The third kappa shape index (κ3) is 6.18. The van der Waals surface area contributed by atoms with Crippen molar-refractivity contribution >= 4 is 11.6 Å². The van der Waals surface area contributed by atoms with Gasteiger partial charge in [-0.05, 0) is 45.2 Å². The molecule has 0 bridgehead atoms. The molecule has 0 saturated heterocycles. The Morgan fingerprint density at radius 3 is 2.74 bits per heavy atom. The fraction of sp³-hybridized carbons (Fsp3) is 0.389. The first-order chi connectivity index (χ1) is 10.8. The Hall–Kier alpha value is -1.62. The molecular weight excluding hydrogens is 312 g/mol. The fourth-order valence-electron chi connectivity index (χ4n) is 2.46. The van der Waals surface area contributed by atoms with Crippen LogP contribution in [0.15, 0.2) is 42.7 Å². The first kappa shape index (κ1) is 17.7. The molecule has 0 spiro atoms. The summed E-state index contributed by atoms with van der Waals surface area (Å²) in [5.41, 5.74) is 1.26. The van der Waals surface area contributed by atoms with E-state index >= 15 is 0 Å². The van der Waals surface area contributed by atoms with Crippen LogP contribution < -0.4 is 4.74 Å². The molecule has 2 rings (SSSR count). The lowest BCUT2D eigenvalue weighted by Crippen LogP contribution is -2.35. The van der Waals surface area contributed by atoms with Crippen LogP contribution in [0.2, 0.25) is 5.02 Å². The molecule has 4 nitrogen and oxygen atoms in total. The van der Waals surface area contributed by atoms with Gasteiger partial charge in [0.15, 0.2) is 0 Å². The minimum Gasteiger partial charge on any atom is -0.489 e. The number of aliphatic hydroxyl groups is 1. The summed E-state index contributed by atoms with van der Waals surface area (Å²) in [6, 6.07) is 9.47. The van der Waals surface area contributed by atoms with Crippen LogP contribution in [0.4, 0.5) is 0 Å². The maximum absolute atomic E-state index is 9.94. The van der Waals surface area contributed by atoms with Crippen LogP contribution in [0.3, 0.4) is 0 Å². The van der Waals surface area contributed by atoms with Gasteiger partial charge in [-0.2, -0.15) is 0 Å². The summed E-state index contributed by atoms with van der Waals surface area (Å²) in [5, 5.41) is 10.6. The maximum atomic E-state index is 9.94. The molecule has 0 radical (unpaired) electrons. The molecule has 2 aromatic rings. The summed E-state index contributed by atoms with van der Waals surface area (Å²) < 4.78 is 5.92. The highest BCUT2D eigenvalue weighted by Crippen LogP contribution is 2.25. The number of halogens is 1. The number of pyridine rings is 1. The van der Waals surface area contributed by atoms with Gasteiger partial charge < -0.3 is 9.84 Å². The van der Waals surface area contributed by atoms with Crippen molar-refractivity contribution in [2.45, 2.75) is 32.6 Å². The molecule has 0 saturated carbocycles. The molecule has 23 heavy (non-hydrogen) atoms. The van der Waals surface area contributed by atoms with Crippen molar-refractivity contribution in [3.05, 3.63) is 58.9 Å². The zero-order valence-corrected chi connectivity index (χ0v) is 14.5. The van der Waals surface area contributed by atoms with Crippen molar-refractivity contribution < 1.29 is 9.84 Å². The zero-order valence-electron chi connectivity index (χ0n) is 13.8. The molecule has 1 N–H and O–H groups in total. The molecule has 0 aliphatic carbocycles. The number of benzene rings is 1. The molecule has 124 valence electrons. The van der Waals surface area contributed by atoms with E-state index in [4.69, 9.17) is 16.3 Å². The highest BCUT2D eigenvalue weighted by Gasteiger charge is 2.17. The van der Waals surface area contributed by atoms with E-state index in [-0.39, 0.29) is 0 Å². The molecule has 5 heteroatoms. The molecule has 0 aliphatic rings. The number of hydrogen-bond donors (Lipinski definition) is 1. The second-order valence-corrected chi connectivity index (χ2v) is 6.82. The summed E-state index contributed by atoms with van der Waals surface area (Å²) >= 11 is 6.12. The van der Waals surface area contributed by atoms with E-state index in [0.29, 0.717) is 24.7 Å². The summed E-state index contributed by atoms with van der Waals surface area (Å²) in [6.07, 6.45) is 3.53. The molecule has 0 fully saturated rings. The van der Waals surface area contributed by atoms with Crippen LogP contribution in [0, 0.1) is 0 Å². The van der Waals surface area contributed by atoms with Crippen LogP contribution in [-0.2, 0) is 13.2 Å². The predicted octanol–water partition coefficient (Wildman–Crippen LogP) is 3.52. The topological polar surface area (TPSA) is 45.6 Å². The zero-order chi connectivity index (χ0) is 16.9. The van der Waals surface area contributed by atoms with Crippen molar-refractivity contribution in [1.29, 1.82) is 0 Å². The average Bonchev–Trinajstić information content (AvgIpc) is 2.45. The van der Waals surface area contributed by atoms with E-state index in [1.54, 1.807) is 26.2 Å². The smallest absolute Gasteiger partial charge is 0.124 e. The van der Waals surface area contributed by atoms with Gasteiger partial charge in [-0.25, -0.2) is 0 Å². The van der Waals surface area contributed by atoms with E-state index in [1.807, 2.05) is 42.3 Å². The van der Waals surface area contributed by atoms with E-state index in [0.717, 1.165) is 16.9 Å². The first-order valence-corrected chi connectivity index (χ1v) is 7.92. The van der Waals surface area contributed by atoms with Crippen molar-refractivity contribution in [2.75, 3.05) is 13.6 Å². The van der Waals surface area contributed by atoms with Crippen LogP contribution in [0.1, 0.15) is 25.0 Å². The molecule has 1 aromatic heterocycles. The lowest BCUT2D eigenvalue weighted by Gasteiger charge is -2.26. The van der Waals surface area contributed by atoms with E-state index in [9.17, 15) is 5.11 Å².